The maximum absolute atomic E-state index is 9.52. The zero-order chi connectivity index (χ0) is 11.4. The van der Waals surface area contributed by atoms with Crippen molar-refractivity contribution >= 4 is 31.9 Å². The highest BCUT2D eigenvalue weighted by molar-refractivity contribution is 9.11. The summed E-state index contributed by atoms with van der Waals surface area (Å²) in [5.41, 5.74) is 1.10. The molecular weight excluding hydrogens is 322 g/mol. The number of hydrogen-bond donors (Lipinski definition) is 2. The fraction of sp³-hybridized carbons (Fsp3) is 0.273. The molecule has 1 unspecified atom stereocenters. The normalized spacial score (nSPS) is 12.5. The van der Waals surface area contributed by atoms with Crippen LogP contribution in [-0.2, 0) is 6.54 Å². The molecule has 1 aromatic rings. The Bertz CT molecular complexity index is 343. The molecule has 2 N–H and O–H groups in total. The van der Waals surface area contributed by atoms with Crippen LogP contribution in [0.2, 0.25) is 0 Å². The molecule has 0 bridgehead atoms. The Morgan fingerprint density at radius 3 is 2.47 bits per heavy atom. The first kappa shape index (κ1) is 12.7. The van der Waals surface area contributed by atoms with Crippen molar-refractivity contribution in [2.45, 2.75) is 19.5 Å². The number of phenols is 1. The summed E-state index contributed by atoms with van der Waals surface area (Å²) in [7, 11) is 0. The minimum atomic E-state index is 0.232. The molecule has 0 heterocycles. The summed E-state index contributed by atoms with van der Waals surface area (Å²) in [5.74, 6) is 0.232. The summed E-state index contributed by atoms with van der Waals surface area (Å²) in [4.78, 5) is 0. The van der Waals surface area contributed by atoms with E-state index in [4.69, 9.17) is 0 Å². The third kappa shape index (κ3) is 3.63. The standard InChI is InChI=1S/C11H13Br2NO/c1-3-7(2)14-6-8-4-9(12)11(15)10(13)5-8/h3-5,7,14-15H,1,6H2,2H3. The van der Waals surface area contributed by atoms with Gasteiger partial charge in [-0.05, 0) is 56.5 Å². The van der Waals surface area contributed by atoms with Gasteiger partial charge in [0.2, 0.25) is 0 Å². The van der Waals surface area contributed by atoms with E-state index < -0.39 is 0 Å². The average molecular weight is 335 g/mol. The number of phenolic OH excluding ortho intramolecular Hbond substituents is 1. The van der Waals surface area contributed by atoms with Crippen molar-refractivity contribution in [3.05, 3.63) is 39.3 Å². The highest BCUT2D eigenvalue weighted by Crippen LogP contribution is 2.33. The lowest BCUT2D eigenvalue weighted by Gasteiger charge is -2.10. The number of halogens is 2. The second-order valence-electron chi connectivity index (χ2n) is 3.31. The Morgan fingerprint density at radius 2 is 2.00 bits per heavy atom. The molecule has 0 amide bonds. The zero-order valence-corrected chi connectivity index (χ0v) is 11.6. The van der Waals surface area contributed by atoms with Gasteiger partial charge in [-0.3, -0.25) is 0 Å². The Kier molecular flexibility index (Phi) is 4.83. The van der Waals surface area contributed by atoms with Gasteiger partial charge in [-0.25, -0.2) is 0 Å². The van der Waals surface area contributed by atoms with Crippen LogP contribution in [0.1, 0.15) is 12.5 Å². The number of aromatic hydroxyl groups is 1. The SMILES string of the molecule is C=CC(C)NCc1cc(Br)c(O)c(Br)c1. The summed E-state index contributed by atoms with van der Waals surface area (Å²) in [6, 6.07) is 4.06. The summed E-state index contributed by atoms with van der Waals surface area (Å²) in [5, 5.41) is 12.8. The molecule has 2 nitrogen and oxygen atoms in total. The van der Waals surface area contributed by atoms with E-state index >= 15 is 0 Å². The molecule has 15 heavy (non-hydrogen) atoms. The van der Waals surface area contributed by atoms with Crippen molar-refractivity contribution in [1.29, 1.82) is 0 Å². The first-order valence-corrected chi connectivity index (χ1v) is 6.16. The topological polar surface area (TPSA) is 32.3 Å². The van der Waals surface area contributed by atoms with Crippen LogP contribution in [-0.4, -0.2) is 11.1 Å². The van der Waals surface area contributed by atoms with Crippen molar-refractivity contribution in [3.8, 4) is 5.75 Å². The average Bonchev–Trinajstić information content (AvgIpc) is 2.22. The highest BCUT2D eigenvalue weighted by atomic mass is 79.9. The zero-order valence-electron chi connectivity index (χ0n) is 8.43. The number of benzene rings is 1. The molecule has 0 spiro atoms. The third-order valence-corrected chi connectivity index (χ3v) is 3.27. The quantitative estimate of drug-likeness (QED) is 0.825. The summed E-state index contributed by atoms with van der Waals surface area (Å²) >= 11 is 6.59. The summed E-state index contributed by atoms with van der Waals surface area (Å²) in [6.45, 7) is 6.48. The van der Waals surface area contributed by atoms with E-state index in [0.717, 1.165) is 12.1 Å². The van der Waals surface area contributed by atoms with Crippen LogP contribution >= 0.6 is 31.9 Å². The molecule has 1 atom stereocenters. The van der Waals surface area contributed by atoms with Gasteiger partial charge in [0, 0.05) is 12.6 Å². The van der Waals surface area contributed by atoms with Crippen molar-refractivity contribution < 1.29 is 5.11 Å². The van der Waals surface area contributed by atoms with Crippen molar-refractivity contribution in [1.82, 2.24) is 5.32 Å². The van der Waals surface area contributed by atoms with Gasteiger partial charge in [0.1, 0.15) is 5.75 Å². The fourth-order valence-electron chi connectivity index (χ4n) is 1.08. The molecule has 0 aliphatic carbocycles. The van der Waals surface area contributed by atoms with Gasteiger partial charge in [0.25, 0.3) is 0 Å². The van der Waals surface area contributed by atoms with E-state index in [2.05, 4.69) is 43.8 Å². The van der Waals surface area contributed by atoms with Crippen molar-refractivity contribution in [3.63, 3.8) is 0 Å². The highest BCUT2D eigenvalue weighted by Gasteiger charge is 2.06. The molecule has 0 aliphatic heterocycles. The molecule has 0 radical (unpaired) electrons. The molecule has 0 aromatic heterocycles. The lowest BCUT2D eigenvalue weighted by molar-refractivity contribution is 0.468. The molecule has 0 aliphatic rings. The lowest BCUT2D eigenvalue weighted by Crippen LogP contribution is -2.22. The number of nitrogens with one attached hydrogen (secondary N) is 1. The van der Waals surface area contributed by atoms with Gasteiger partial charge in [-0.2, -0.15) is 0 Å². The summed E-state index contributed by atoms with van der Waals surface area (Å²) in [6.07, 6.45) is 1.85. The van der Waals surface area contributed by atoms with Gasteiger partial charge in [0.15, 0.2) is 0 Å². The Morgan fingerprint density at radius 1 is 1.47 bits per heavy atom. The predicted molar refractivity (Wildman–Crippen MR) is 70.0 cm³/mol. The van der Waals surface area contributed by atoms with Gasteiger partial charge in [0.05, 0.1) is 8.95 Å². The maximum Gasteiger partial charge on any atom is 0.143 e. The van der Waals surface area contributed by atoms with Crippen LogP contribution in [0.25, 0.3) is 0 Å². The van der Waals surface area contributed by atoms with Crippen LogP contribution in [0.15, 0.2) is 33.7 Å². The molecule has 0 fully saturated rings. The van der Waals surface area contributed by atoms with Crippen LogP contribution in [0.3, 0.4) is 0 Å². The van der Waals surface area contributed by atoms with Crippen LogP contribution in [0.5, 0.6) is 5.75 Å². The second-order valence-corrected chi connectivity index (χ2v) is 5.02. The van der Waals surface area contributed by atoms with Gasteiger partial charge in [-0.1, -0.05) is 6.08 Å². The van der Waals surface area contributed by atoms with Crippen LogP contribution in [0, 0.1) is 0 Å². The lowest BCUT2D eigenvalue weighted by atomic mass is 10.2. The number of rotatable bonds is 4. The minimum Gasteiger partial charge on any atom is -0.506 e. The molecular formula is C11H13Br2NO. The first-order valence-electron chi connectivity index (χ1n) is 4.57. The third-order valence-electron chi connectivity index (χ3n) is 2.06. The van der Waals surface area contributed by atoms with E-state index in [-0.39, 0.29) is 11.8 Å². The molecule has 0 saturated carbocycles. The van der Waals surface area contributed by atoms with E-state index in [1.165, 1.54) is 0 Å². The van der Waals surface area contributed by atoms with Crippen molar-refractivity contribution in [2.24, 2.45) is 0 Å². The molecule has 1 rings (SSSR count). The first-order chi connectivity index (χ1) is 7.04. The second kappa shape index (κ2) is 5.68. The van der Waals surface area contributed by atoms with E-state index in [9.17, 15) is 5.11 Å². The molecule has 0 saturated heterocycles. The Balaban J connectivity index is 2.74. The fourth-order valence-corrected chi connectivity index (χ4v) is 2.36. The molecule has 1 aromatic carbocycles. The minimum absolute atomic E-state index is 0.232. The Labute approximate surface area is 107 Å². The largest absolute Gasteiger partial charge is 0.506 e. The maximum atomic E-state index is 9.52. The van der Waals surface area contributed by atoms with E-state index in [0.29, 0.717) is 8.95 Å². The van der Waals surface area contributed by atoms with Crippen LogP contribution in [0.4, 0.5) is 0 Å². The smallest absolute Gasteiger partial charge is 0.143 e. The van der Waals surface area contributed by atoms with E-state index in [1.54, 1.807) is 0 Å². The monoisotopic (exact) mass is 333 g/mol. The van der Waals surface area contributed by atoms with Crippen molar-refractivity contribution in [2.75, 3.05) is 0 Å². The van der Waals surface area contributed by atoms with Gasteiger partial charge >= 0.3 is 0 Å². The Hall–Kier alpha value is -0.320. The molecule has 4 heteroatoms. The van der Waals surface area contributed by atoms with Gasteiger partial charge < -0.3 is 10.4 Å². The van der Waals surface area contributed by atoms with Crippen LogP contribution < -0.4 is 5.32 Å². The van der Waals surface area contributed by atoms with E-state index in [1.807, 2.05) is 25.1 Å². The predicted octanol–water partition coefficient (Wildman–Crippen LogP) is 3.58. The molecule has 82 valence electrons. The van der Waals surface area contributed by atoms with Gasteiger partial charge in [-0.15, -0.1) is 6.58 Å². The number of hydrogen-bond acceptors (Lipinski definition) is 2. The summed E-state index contributed by atoms with van der Waals surface area (Å²) < 4.78 is 1.39.